The molecule has 2 unspecified atom stereocenters. The molecule has 3 amide bonds. The maximum Gasteiger partial charge on any atom is 0.244 e. The van der Waals surface area contributed by atoms with Gasteiger partial charge in [-0.1, -0.05) is 24.4 Å². The summed E-state index contributed by atoms with van der Waals surface area (Å²) in [6.45, 7) is -0.392. The number of halogens is 2. The second-order valence-corrected chi connectivity index (χ2v) is 6.37. The number of anilines is 1. The Morgan fingerprint density at radius 2 is 1.83 bits per heavy atom. The van der Waals surface area contributed by atoms with Crippen LogP contribution in [0, 0.1) is 17.7 Å². The zero-order chi connectivity index (χ0) is 16.6. The van der Waals surface area contributed by atoms with E-state index in [1.165, 1.54) is 12.1 Å². The van der Waals surface area contributed by atoms with E-state index in [1.54, 1.807) is 0 Å². The average Bonchev–Trinajstić information content (AvgIpc) is 2.76. The summed E-state index contributed by atoms with van der Waals surface area (Å²) in [5.74, 6) is -2.43. The van der Waals surface area contributed by atoms with Crippen LogP contribution in [0.3, 0.4) is 0 Å². The van der Waals surface area contributed by atoms with Gasteiger partial charge in [0, 0.05) is 5.02 Å². The SMILES string of the molecule is O=C(CN1C(=O)C2CCCCC2C1=O)Nc1cc(Cl)ccc1F. The van der Waals surface area contributed by atoms with E-state index in [4.69, 9.17) is 11.6 Å². The Morgan fingerprint density at radius 1 is 1.22 bits per heavy atom. The molecule has 1 heterocycles. The first-order valence-electron chi connectivity index (χ1n) is 7.57. The number of carbonyl (C=O) groups excluding carboxylic acids is 3. The summed E-state index contributed by atoms with van der Waals surface area (Å²) in [4.78, 5) is 37.6. The highest BCUT2D eigenvalue weighted by atomic mass is 35.5. The molecular weight excluding hydrogens is 323 g/mol. The molecule has 3 rings (SSSR count). The maximum absolute atomic E-state index is 13.6. The van der Waals surface area contributed by atoms with Crippen LogP contribution in [0.1, 0.15) is 25.7 Å². The molecule has 5 nitrogen and oxygen atoms in total. The Kier molecular flexibility index (Phi) is 4.35. The van der Waals surface area contributed by atoms with Crippen molar-refractivity contribution >= 4 is 35.0 Å². The molecule has 2 atom stereocenters. The molecule has 2 fully saturated rings. The van der Waals surface area contributed by atoms with Crippen LogP contribution in [0.4, 0.5) is 10.1 Å². The van der Waals surface area contributed by atoms with E-state index in [2.05, 4.69) is 5.32 Å². The zero-order valence-corrected chi connectivity index (χ0v) is 13.1. The number of hydrogen-bond acceptors (Lipinski definition) is 3. The zero-order valence-electron chi connectivity index (χ0n) is 12.4. The summed E-state index contributed by atoms with van der Waals surface area (Å²) in [6.07, 6.45) is 3.23. The van der Waals surface area contributed by atoms with E-state index in [9.17, 15) is 18.8 Å². The second kappa shape index (κ2) is 6.28. The number of benzene rings is 1. The first-order chi connectivity index (χ1) is 11.0. The Bertz CT molecular complexity index is 655. The van der Waals surface area contributed by atoms with Gasteiger partial charge in [0.1, 0.15) is 12.4 Å². The predicted octanol–water partition coefficient (Wildman–Crippen LogP) is 2.59. The molecule has 1 aromatic carbocycles. The van der Waals surface area contributed by atoms with Gasteiger partial charge in [-0.05, 0) is 31.0 Å². The number of rotatable bonds is 3. The number of likely N-dealkylation sites (tertiary alicyclic amines) is 1. The second-order valence-electron chi connectivity index (χ2n) is 5.93. The minimum Gasteiger partial charge on any atom is -0.322 e. The van der Waals surface area contributed by atoms with Gasteiger partial charge < -0.3 is 5.32 Å². The van der Waals surface area contributed by atoms with Crippen LogP contribution in [0.2, 0.25) is 5.02 Å². The molecule has 0 aromatic heterocycles. The number of imide groups is 1. The first-order valence-corrected chi connectivity index (χ1v) is 7.95. The van der Waals surface area contributed by atoms with Crippen molar-refractivity contribution in [3.63, 3.8) is 0 Å². The van der Waals surface area contributed by atoms with Crippen molar-refractivity contribution in [1.82, 2.24) is 4.90 Å². The number of amides is 3. The van der Waals surface area contributed by atoms with Gasteiger partial charge in [0.05, 0.1) is 17.5 Å². The lowest BCUT2D eigenvalue weighted by atomic mass is 9.81. The minimum absolute atomic E-state index is 0.0704. The number of hydrogen-bond donors (Lipinski definition) is 1. The molecule has 23 heavy (non-hydrogen) atoms. The highest BCUT2D eigenvalue weighted by Gasteiger charge is 2.48. The van der Waals surface area contributed by atoms with Crippen molar-refractivity contribution in [3.05, 3.63) is 29.0 Å². The van der Waals surface area contributed by atoms with Gasteiger partial charge in [-0.3, -0.25) is 19.3 Å². The number of nitrogens with one attached hydrogen (secondary N) is 1. The quantitative estimate of drug-likeness (QED) is 0.861. The Labute approximate surface area is 137 Å². The van der Waals surface area contributed by atoms with Gasteiger partial charge in [-0.25, -0.2) is 4.39 Å². The van der Waals surface area contributed by atoms with E-state index >= 15 is 0 Å². The van der Waals surface area contributed by atoms with Gasteiger partial charge in [0.15, 0.2) is 0 Å². The molecule has 1 saturated heterocycles. The van der Waals surface area contributed by atoms with Gasteiger partial charge >= 0.3 is 0 Å². The van der Waals surface area contributed by atoms with Crippen LogP contribution in [0.25, 0.3) is 0 Å². The van der Waals surface area contributed by atoms with Crippen LogP contribution in [-0.4, -0.2) is 29.2 Å². The molecule has 7 heteroatoms. The maximum atomic E-state index is 13.6. The first kappa shape index (κ1) is 15.9. The molecule has 0 radical (unpaired) electrons. The standard InChI is InChI=1S/C16H16ClFN2O3/c17-9-5-6-12(18)13(7-9)19-14(21)8-20-15(22)10-3-1-2-4-11(10)16(20)23/h5-7,10-11H,1-4,8H2,(H,19,21). The van der Waals surface area contributed by atoms with E-state index < -0.39 is 18.3 Å². The van der Waals surface area contributed by atoms with Crippen molar-refractivity contribution in [2.24, 2.45) is 11.8 Å². The summed E-state index contributed by atoms with van der Waals surface area (Å²) in [5.41, 5.74) is -0.0704. The largest absolute Gasteiger partial charge is 0.322 e. The molecule has 0 bridgehead atoms. The third-order valence-corrected chi connectivity index (χ3v) is 4.67. The summed E-state index contributed by atoms with van der Waals surface area (Å²) < 4.78 is 13.6. The molecule has 0 spiro atoms. The smallest absolute Gasteiger partial charge is 0.244 e. The van der Waals surface area contributed by atoms with E-state index in [-0.39, 0.29) is 34.4 Å². The Hall–Kier alpha value is -1.95. The van der Waals surface area contributed by atoms with Crippen LogP contribution >= 0.6 is 11.6 Å². The number of nitrogens with zero attached hydrogens (tertiary/aromatic N) is 1. The van der Waals surface area contributed by atoms with Crippen molar-refractivity contribution in [2.75, 3.05) is 11.9 Å². The fraction of sp³-hybridized carbons (Fsp3) is 0.438. The van der Waals surface area contributed by atoms with Crippen LogP contribution in [0.15, 0.2) is 18.2 Å². The molecule has 1 aliphatic heterocycles. The van der Waals surface area contributed by atoms with Crippen LogP contribution < -0.4 is 5.32 Å². The number of fused-ring (bicyclic) bond motifs is 1. The minimum atomic E-state index is -0.629. The van der Waals surface area contributed by atoms with Crippen LogP contribution in [0.5, 0.6) is 0 Å². The van der Waals surface area contributed by atoms with Crippen molar-refractivity contribution in [3.8, 4) is 0 Å². The molecule has 2 aliphatic rings. The molecule has 122 valence electrons. The van der Waals surface area contributed by atoms with Crippen molar-refractivity contribution < 1.29 is 18.8 Å². The van der Waals surface area contributed by atoms with Crippen molar-refractivity contribution in [2.45, 2.75) is 25.7 Å². The molecule has 1 aromatic rings. The van der Waals surface area contributed by atoms with Gasteiger partial charge in [-0.15, -0.1) is 0 Å². The normalized spacial score (nSPS) is 23.8. The third kappa shape index (κ3) is 3.08. The number of carbonyl (C=O) groups is 3. The predicted molar refractivity (Wildman–Crippen MR) is 82.2 cm³/mol. The lowest BCUT2D eigenvalue weighted by Crippen LogP contribution is -2.38. The van der Waals surface area contributed by atoms with Gasteiger partial charge in [-0.2, -0.15) is 0 Å². The summed E-state index contributed by atoms with van der Waals surface area (Å²) in [6, 6.07) is 3.78. The van der Waals surface area contributed by atoms with Gasteiger partial charge in [0.25, 0.3) is 0 Å². The van der Waals surface area contributed by atoms with E-state index in [0.29, 0.717) is 12.8 Å². The molecule has 1 aliphatic carbocycles. The molecule has 1 N–H and O–H groups in total. The Morgan fingerprint density at radius 3 is 2.43 bits per heavy atom. The van der Waals surface area contributed by atoms with Crippen molar-refractivity contribution in [1.29, 1.82) is 0 Å². The molecule has 1 saturated carbocycles. The summed E-state index contributed by atoms with van der Waals surface area (Å²) >= 11 is 5.76. The van der Waals surface area contributed by atoms with Gasteiger partial charge in [0.2, 0.25) is 17.7 Å². The average molecular weight is 339 g/mol. The highest BCUT2D eigenvalue weighted by molar-refractivity contribution is 6.30. The Balaban J connectivity index is 1.69. The summed E-state index contributed by atoms with van der Waals surface area (Å²) in [7, 11) is 0. The van der Waals surface area contributed by atoms with E-state index in [0.717, 1.165) is 23.8 Å². The third-order valence-electron chi connectivity index (χ3n) is 4.44. The lowest BCUT2D eigenvalue weighted by Gasteiger charge is -2.19. The molecular formula is C16H16ClFN2O3. The van der Waals surface area contributed by atoms with E-state index in [1.807, 2.05) is 0 Å². The fourth-order valence-electron chi connectivity index (χ4n) is 3.31. The lowest BCUT2D eigenvalue weighted by molar-refractivity contribution is -0.142. The fourth-order valence-corrected chi connectivity index (χ4v) is 3.49. The monoisotopic (exact) mass is 338 g/mol. The van der Waals surface area contributed by atoms with Crippen LogP contribution in [-0.2, 0) is 14.4 Å². The topological polar surface area (TPSA) is 66.5 Å². The summed E-state index contributed by atoms with van der Waals surface area (Å²) in [5, 5.41) is 2.63. The highest BCUT2D eigenvalue weighted by Crippen LogP contribution is 2.37.